The summed E-state index contributed by atoms with van der Waals surface area (Å²) in [5.74, 6) is -1.43. The molecule has 2 atom stereocenters. The third kappa shape index (κ3) is 2.36. The van der Waals surface area contributed by atoms with Crippen molar-refractivity contribution in [2.75, 3.05) is 7.11 Å². The van der Waals surface area contributed by atoms with Crippen molar-refractivity contribution in [2.24, 2.45) is 0 Å². The van der Waals surface area contributed by atoms with Crippen LogP contribution in [0.25, 0.3) is 0 Å². The molecule has 1 unspecified atom stereocenters. The number of carbonyl (C=O) groups is 2. The van der Waals surface area contributed by atoms with Crippen molar-refractivity contribution in [1.29, 1.82) is 0 Å². The molecule has 5 nitrogen and oxygen atoms in total. The van der Waals surface area contributed by atoms with E-state index in [0.717, 1.165) is 0 Å². The van der Waals surface area contributed by atoms with Gasteiger partial charge < -0.3 is 14.6 Å². The Balaban J connectivity index is 2.73. The Morgan fingerprint density at radius 3 is 2.80 bits per heavy atom. The van der Waals surface area contributed by atoms with Gasteiger partial charge in [0.2, 0.25) is 0 Å². The molecule has 0 aliphatic carbocycles. The normalized spacial score (nSPS) is 29.8. The van der Waals surface area contributed by atoms with Crippen LogP contribution in [0.3, 0.4) is 0 Å². The minimum Gasteiger partial charge on any atom is -0.469 e. The summed E-state index contributed by atoms with van der Waals surface area (Å²) in [4.78, 5) is 22.3. The molecule has 0 radical (unpaired) electrons. The van der Waals surface area contributed by atoms with E-state index in [1.807, 2.05) is 0 Å². The fourth-order valence-electron chi connectivity index (χ4n) is 1.40. The lowest BCUT2D eigenvalue weighted by molar-refractivity contribution is -0.161. The van der Waals surface area contributed by atoms with Crippen LogP contribution in [-0.4, -0.2) is 35.9 Å². The van der Waals surface area contributed by atoms with Crippen LogP contribution in [0, 0.1) is 0 Å². The van der Waals surface area contributed by atoms with E-state index in [4.69, 9.17) is 4.74 Å². The van der Waals surface area contributed by atoms with Gasteiger partial charge in [-0.3, -0.25) is 4.79 Å². The first-order chi connectivity index (χ1) is 6.89. The number of carbonyl (C=O) groups excluding carboxylic acids is 2. The van der Waals surface area contributed by atoms with E-state index in [9.17, 15) is 14.7 Å². The SMILES string of the molecule is C=C(C)C1C[C@@](O)(CC(=O)OC)C(=O)O1. The number of methoxy groups -OCH3 is 1. The van der Waals surface area contributed by atoms with Crippen molar-refractivity contribution in [3.05, 3.63) is 12.2 Å². The highest BCUT2D eigenvalue weighted by atomic mass is 16.6. The molecular weight excluding hydrogens is 200 g/mol. The third-order valence-electron chi connectivity index (χ3n) is 2.37. The molecule has 0 aromatic carbocycles. The topological polar surface area (TPSA) is 72.8 Å². The Labute approximate surface area is 87.7 Å². The summed E-state index contributed by atoms with van der Waals surface area (Å²) < 4.78 is 9.28. The van der Waals surface area contributed by atoms with Crippen LogP contribution < -0.4 is 0 Å². The molecule has 1 aliphatic heterocycles. The van der Waals surface area contributed by atoms with Gasteiger partial charge in [0.25, 0.3) is 0 Å². The first-order valence-corrected chi connectivity index (χ1v) is 4.55. The average Bonchev–Trinajstić information content (AvgIpc) is 2.43. The van der Waals surface area contributed by atoms with Gasteiger partial charge in [0.15, 0.2) is 5.60 Å². The zero-order valence-electron chi connectivity index (χ0n) is 8.78. The van der Waals surface area contributed by atoms with Crippen molar-refractivity contribution in [1.82, 2.24) is 0 Å². The predicted octanol–water partition coefficient (Wildman–Crippen LogP) is 0.172. The molecule has 15 heavy (non-hydrogen) atoms. The molecule has 0 amide bonds. The molecule has 1 saturated heterocycles. The second kappa shape index (κ2) is 4.02. The number of esters is 2. The molecular formula is C10H14O5. The maximum absolute atomic E-state index is 11.3. The molecule has 1 N–H and O–H groups in total. The van der Waals surface area contributed by atoms with Crippen molar-refractivity contribution >= 4 is 11.9 Å². The molecule has 0 aromatic rings. The lowest BCUT2D eigenvalue weighted by Crippen LogP contribution is -2.37. The van der Waals surface area contributed by atoms with E-state index in [1.54, 1.807) is 6.92 Å². The number of aliphatic hydroxyl groups is 1. The molecule has 1 fully saturated rings. The molecule has 0 saturated carbocycles. The van der Waals surface area contributed by atoms with Crippen LogP contribution >= 0.6 is 0 Å². The Morgan fingerprint density at radius 2 is 2.40 bits per heavy atom. The second-order valence-corrected chi connectivity index (χ2v) is 3.73. The Hall–Kier alpha value is -1.36. The van der Waals surface area contributed by atoms with Crippen LogP contribution in [0.5, 0.6) is 0 Å². The molecule has 84 valence electrons. The van der Waals surface area contributed by atoms with Gasteiger partial charge in [-0.15, -0.1) is 0 Å². The number of cyclic esters (lactones) is 1. The molecule has 1 heterocycles. The zero-order valence-corrected chi connectivity index (χ0v) is 8.78. The maximum atomic E-state index is 11.3. The summed E-state index contributed by atoms with van der Waals surface area (Å²) in [5.41, 5.74) is -1.12. The fraction of sp³-hybridized carbons (Fsp3) is 0.600. The molecule has 0 bridgehead atoms. The summed E-state index contributed by atoms with van der Waals surface area (Å²) in [6.07, 6.45) is -0.852. The van der Waals surface area contributed by atoms with Gasteiger partial charge in [0.1, 0.15) is 6.10 Å². The lowest BCUT2D eigenvalue weighted by Gasteiger charge is -2.15. The fourth-order valence-corrected chi connectivity index (χ4v) is 1.40. The van der Waals surface area contributed by atoms with Gasteiger partial charge in [-0.2, -0.15) is 0 Å². The minimum atomic E-state index is -1.77. The largest absolute Gasteiger partial charge is 0.469 e. The van der Waals surface area contributed by atoms with Crippen LogP contribution in [0.2, 0.25) is 0 Å². The number of hydrogen-bond acceptors (Lipinski definition) is 5. The summed E-state index contributed by atoms with van der Waals surface area (Å²) in [5, 5.41) is 9.86. The summed E-state index contributed by atoms with van der Waals surface area (Å²) in [6, 6.07) is 0. The summed E-state index contributed by atoms with van der Waals surface area (Å²) in [6.45, 7) is 5.33. The number of rotatable bonds is 3. The van der Waals surface area contributed by atoms with Gasteiger partial charge in [0.05, 0.1) is 13.5 Å². The first kappa shape index (κ1) is 11.7. The molecule has 0 aromatic heterocycles. The first-order valence-electron chi connectivity index (χ1n) is 4.55. The van der Waals surface area contributed by atoms with Crippen molar-refractivity contribution in [2.45, 2.75) is 31.5 Å². The quantitative estimate of drug-likeness (QED) is 0.535. The van der Waals surface area contributed by atoms with Crippen LogP contribution in [0.1, 0.15) is 19.8 Å². The monoisotopic (exact) mass is 214 g/mol. The maximum Gasteiger partial charge on any atom is 0.339 e. The minimum absolute atomic E-state index is 0.0519. The van der Waals surface area contributed by atoms with Crippen molar-refractivity contribution in [3.8, 4) is 0 Å². The predicted molar refractivity (Wildman–Crippen MR) is 50.9 cm³/mol. The van der Waals surface area contributed by atoms with Crippen molar-refractivity contribution in [3.63, 3.8) is 0 Å². The van der Waals surface area contributed by atoms with E-state index in [-0.39, 0.29) is 12.8 Å². The van der Waals surface area contributed by atoms with E-state index in [2.05, 4.69) is 11.3 Å². The van der Waals surface area contributed by atoms with E-state index in [1.165, 1.54) is 7.11 Å². The highest BCUT2D eigenvalue weighted by Crippen LogP contribution is 2.31. The van der Waals surface area contributed by atoms with Gasteiger partial charge in [-0.05, 0) is 12.5 Å². The summed E-state index contributed by atoms with van der Waals surface area (Å²) in [7, 11) is 1.20. The van der Waals surface area contributed by atoms with Crippen LogP contribution in [0.4, 0.5) is 0 Å². The zero-order chi connectivity index (χ0) is 11.6. The second-order valence-electron chi connectivity index (χ2n) is 3.73. The van der Waals surface area contributed by atoms with E-state index in [0.29, 0.717) is 5.57 Å². The van der Waals surface area contributed by atoms with Gasteiger partial charge in [-0.1, -0.05) is 6.58 Å². The van der Waals surface area contributed by atoms with E-state index >= 15 is 0 Å². The molecule has 0 spiro atoms. The molecule has 1 rings (SSSR count). The standard InChI is InChI=1S/C10H14O5/c1-6(2)7-4-10(13,9(12)15-7)5-8(11)14-3/h7,13H,1,4-5H2,2-3H3/t7?,10-/m1/s1. The third-order valence-corrected chi connectivity index (χ3v) is 2.37. The number of hydrogen-bond donors (Lipinski definition) is 1. The smallest absolute Gasteiger partial charge is 0.339 e. The van der Waals surface area contributed by atoms with Gasteiger partial charge in [0, 0.05) is 6.42 Å². The van der Waals surface area contributed by atoms with E-state index < -0.39 is 23.6 Å². The molecule has 5 heteroatoms. The lowest BCUT2D eigenvalue weighted by atomic mass is 9.94. The summed E-state index contributed by atoms with van der Waals surface area (Å²) >= 11 is 0. The highest BCUT2D eigenvalue weighted by Gasteiger charge is 2.49. The van der Waals surface area contributed by atoms with Crippen LogP contribution in [0.15, 0.2) is 12.2 Å². The van der Waals surface area contributed by atoms with Gasteiger partial charge in [-0.25, -0.2) is 4.79 Å². The average molecular weight is 214 g/mol. The number of ether oxygens (including phenoxy) is 2. The van der Waals surface area contributed by atoms with Gasteiger partial charge >= 0.3 is 11.9 Å². The highest BCUT2D eigenvalue weighted by molar-refractivity contribution is 5.87. The molecule has 1 aliphatic rings. The Kier molecular flexibility index (Phi) is 3.14. The Morgan fingerprint density at radius 1 is 1.80 bits per heavy atom. The van der Waals surface area contributed by atoms with Crippen molar-refractivity contribution < 1.29 is 24.2 Å². The van der Waals surface area contributed by atoms with Crippen LogP contribution in [-0.2, 0) is 19.1 Å². The Bertz CT molecular complexity index is 309.